The average molecular weight is 286 g/mol. The van der Waals surface area contributed by atoms with Gasteiger partial charge in [0.25, 0.3) is 0 Å². The van der Waals surface area contributed by atoms with E-state index >= 15 is 0 Å². The smallest absolute Gasteiger partial charge is 0.228 e. The van der Waals surface area contributed by atoms with Crippen LogP contribution in [0.3, 0.4) is 0 Å². The van der Waals surface area contributed by atoms with E-state index in [2.05, 4.69) is 25.3 Å². The Kier molecular flexibility index (Phi) is 7.54. The van der Waals surface area contributed by atoms with Gasteiger partial charge in [-0.05, 0) is 43.6 Å². The van der Waals surface area contributed by atoms with Gasteiger partial charge in [-0.3, -0.25) is 9.69 Å². The first kappa shape index (κ1) is 15.7. The molecule has 3 nitrogen and oxygen atoms in total. The van der Waals surface area contributed by atoms with E-state index in [-0.39, 0.29) is 12.1 Å². The van der Waals surface area contributed by atoms with Crippen LogP contribution >= 0.6 is 25.3 Å². The van der Waals surface area contributed by atoms with Gasteiger partial charge < -0.3 is 5.73 Å². The van der Waals surface area contributed by atoms with Crippen molar-refractivity contribution in [1.29, 1.82) is 0 Å². The molecule has 0 aliphatic carbocycles. The zero-order valence-corrected chi connectivity index (χ0v) is 12.3. The number of nitrogens with zero attached hydrogens (tertiary/aromatic N) is 1. The fourth-order valence-corrected chi connectivity index (χ4v) is 2.40. The fourth-order valence-electron chi connectivity index (χ4n) is 1.85. The van der Waals surface area contributed by atoms with Gasteiger partial charge in [0.1, 0.15) is 6.17 Å². The number of allylic oxidation sites excluding steroid dienone is 2. The molecule has 0 aromatic rings. The summed E-state index contributed by atoms with van der Waals surface area (Å²) in [6.45, 7) is 0. The lowest BCUT2D eigenvalue weighted by atomic mass is 10.1. The molecule has 0 aromatic heterocycles. The van der Waals surface area contributed by atoms with Crippen molar-refractivity contribution >= 4 is 31.2 Å². The molecule has 0 radical (unpaired) electrons. The minimum Gasteiger partial charge on any atom is -0.308 e. The maximum absolute atomic E-state index is 11.9. The number of amides is 1. The number of hydrogen-bond acceptors (Lipinski definition) is 4. The molecule has 2 N–H and O–H groups in total. The van der Waals surface area contributed by atoms with Crippen LogP contribution in [0.4, 0.5) is 0 Å². The second-order valence-electron chi connectivity index (χ2n) is 4.43. The summed E-state index contributed by atoms with van der Waals surface area (Å²) in [5.74, 6) is 0.980. The van der Waals surface area contributed by atoms with Crippen molar-refractivity contribution in [1.82, 2.24) is 4.90 Å². The Morgan fingerprint density at radius 1 is 1.33 bits per heavy atom. The molecule has 2 unspecified atom stereocenters. The van der Waals surface area contributed by atoms with Gasteiger partial charge in [-0.25, -0.2) is 0 Å². The number of carbonyl (C=O) groups is 1. The zero-order chi connectivity index (χ0) is 13.4. The summed E-state index contributed by atoms with van der Waals surface area (Å²) in [7, 11) is 0. The molecule has 1 rings (SSSR count). The third kappa shape index (κ3) is 5.50. The molecule has 0 spiro atoms. The van der Waals surface area contributed by atoms with Crippen molar-refractivity contribution in [2.45, 2.75) is 43.5 Å². The molecule has 0 saturated carbocycles. The van der Waals surface area contributed by atoms with Crippen LogP contribution in [-0.4, -0.2) is 28.0 Å². The van der Waals surface area contributed by atoms with Gasteiger partial charge >= 0.3 is 0 Å². The summed E-state index contributed by atoms with van der Waals surface area (Å²) in [5.41, 5.74) is 5.82. The molecule has 0 aromatic carbocycles. The number of thiol groups is 2. The van der Waals surface area contributed by atoms with Crippen LogP contribution in [0.15, 0.2) is 24.4 Å². The molecule has 1 amide bonds. The molecular weight excluding hydrogens is 264 g/mol. The van der Waals surface area contributed by atoms with Gasteiger partial charge in [-0.2, -0.15) is 25.3 Å². The predicted molar refractivity (Wildman–Crippen MR) is 82.8 cm³/mol. The molecule has 2 atom stereocenters. The number of hydrogen-bond donors (Lipinski definition) is 3. The van der Waals surface area contributed by atoms with E-state index in [1.54, 1.807) is 11.1 Å². The highest BCUT2D eigenvalue weighted by Crippen LogP contribution is 2.15. The molecule has 1 aliphatic rings. The monoisotopic (exact) mass is 286 g/mol. The Balaban J connectivity index is 2.21. The van der Waals surface area contributed by atoms with E-state index in [0.29, 0.717) is 11.7 Å². The van der Waals surface area contributed by atoms with Crippen molar-refractivity contribution < 1.29 is 4.79 Å². The molecule has 1 aliphatic heterocycles. The molecule has 1 heterocycles. The van der Waals surface area contributed by atoms with Crippen molar-refractivity contribution in [2.75, 3.05) is 5.75 Å². The van der Waals surface area contributed by atoms with E-state index < -0.39 is 0 Å². The van der Waals surface area contributed by atoms with Gasteiger partial charge in [0.05, 0.1) is 0 Å². The lowest BCUT2D eigenvalue weighted by Gasteiger charge is -2.25. The topological polar surface area (TPSA) is 46.3 Å². The maximum atomic E-state index is 11.9. The summed E-state index contributed by atoms with van der Waals surface area (Å²) in [5, 5.41) is 0.371. The molecule has 0 fully saturated rings. The minimum atomic E-state index is -0.321. The van der Waals surface area contributed by atoms with Crippen LogP contribution in [0.25, 0.3) is 0 Å². The second kappa shape index (κ2) is 8.67. The first-order chi connectivity index (χ1) is 8.65. The van der Waals surface area contributed by atoms with Crippen LogP contribution in [0, 0.1) is 0 Å². The van der Waals surface area contributed by atoms with Crippen molar-refractivity contribution in [2.24, 2.45) is 5.73 Å². The normalized spacial score (nSPS) is 20.2. The zero-order valence-electron chi connectivity index (χ0n) is 10.5. The van der Waals surface area contributed by atoms with Gasteiger partial charge in [-0.15, -0.1) is 0 Å². The Bertz CT molecular complexity index is 318. The van der Waals surface area contributed by atoms with Crippen LogP contribution in [0.2, 0.25) is 0 Å². The maximum Gasteiger partial charge on any atom is 0.228 e. The van der Waals surface area contributed by atoms with Crippen molar-refractivity contribution in [3.63, 3.8) is 0 Å². The van der Waals surface area contributed by atoms with Crippen LogP contribution in [0.1, 0.15) is 32.1 Å². The summed E-state index contributed by atoms with van der Waals surface area (Å²) < 4.78 is 0. The lowest BCUT2D eigenvalue weighted by Crippen LogP contribution is -2.41. The van der Waals surface area contributed by atoms with Crippen molar-refractivity contribution in [3.8, 4) is 0 Å². The Morgan fingerprint density at radius 2 is 2.06 bits per heavy atom. The molecule has 18 heavy (non-hydrogen) atoms. The van der Waals surface area contributed by atoms with E-state index in [1.165, 1.54) is 0 Å². The highest BCUT2D eigenvalue weighted by molar-refractivity contribution is 7.81. The second-order valence-corrected chi connectivity index (χ2v) is 5.61. The average Bonchev–Trinajstić information content (AvgIpc) is 2.36. The third-order valence-corrected chi connectivity index (χ3v) is 3.73. The predicted octanol–water partition coefficient (Wildman–Crippen LogP) is 2.36. The Labute approximate surface area is 120 Å². The van der Waals surface area contributed by atoms with E-state index in [9.17, 15) is 4.79 Å². The van der Waals surface area contributed by atoms with E-state index in [4.69, 9.17) is 5.73 Å². The SMILES string of the molecule is NC1C=CC=CN1C(=O)CCCC(S)CCCS. The lowest BCUT2D eigenvalue weighted by molar-refractivity contribution is -0.129. The quantitative estimate of drug-likeness (QED) is 0.629. The van der Waals surface area contributed by atoms with E-state index in [0.717, 1.165) is 31.4 Å². The standard InChI is InChI=1S/C13H22N2OS2/c14-12-7-1-2-9-15(12)13(16)8-3-5-11(18)6-4-10-17/h1-2,7,9,11-12,17-18H,3-6,8,10,14H2. The first-order valence-corrected chi connectivity index (χ1v) is 7.50. The van der Waals surface area contributed by atoms with Gasteiger partial charge in [-0.1, -0.05) is 6.08 Å². The highest BCUT2D eigenvalue weighted by atomic mass is 32.1. The molecule has 102 valence electrons. The van der Waals surface area contributed by atoms with Gasteiger partial charge in [0, 0.05) is 17.9 Å². The molecular formula is C13H22N2OS2. The highest BCUT2D eigenvalue weighted by Gasteiger charge is 2.17. The van der Waals surface area contributed by atoms with E-state index in [1.807, 2.05) is 18.2 Å². The molecule has 0 saturated heterocycles. The molecule has 0 bridgehead atoms. The number of carbonyl (C=O) groups excluding carboxylic acids is 1. The van der Waals surface area contributed by atoms with Gasteiger partial charge in [0.2, 0.25) is 5.91 Å². The van der Waals surface area contributed by atoms with Crippen molar-refractivity contribution in [3.05, 3.63) is 24.4 Å². The summed E-state index contributed by atoms with van der Waals surface area (Å²) in [6.07, 6.45) is 11.4. The van der Waals surface area contributed by atoms with Gasteiger partial charge in [0.15, 0.2) is 0 Å². The largest absolute Gasteiger partial charge is 0.308 e. The first-order valence-electron chi connectivity index (χ1n) is 6.36. The molecule has 5 heteroatoms. The van der Waals surface area contributed by atoms with Crippen LogP contribution in [-0.2, 0) is 4.79 Å². The fraction of sp³-hybridized carbons (Fsp3) is 0.615. The number of nitrogens with two attached hydrogens (primary N) is 1. The summed E-state index contributed by atoms with van der Waals surface area (Å²) >= 11 is 8.68. The summed E-state index contributed by atoms with van der Waals surface area (Å²) in [4.78, 5) is 13.5. The number of rotatable bonds is 7. The van der Waals surface area contributed by atoms with Crippen LogP contribution < -0.4 is 5.73 Å². The summed E-state index contributed by atoms with van der Waals surface area (Å²) in [6, 6.07) is 0. The van der Waals surface area contributed by atoms with Crippen LogP contribution in [0.5, 0.6) is 0 Å². The minimum absolute atomic E-state index is 0.0813. The Hall–Kier alpha value is -0.390. The third-order valence-electron chi connectivity index (χ3n) is 2.90. The Morgan fingerprint density at radius 3 is 2.72 bits per heavy atom.